The van der Waals surface area contributed by atoms with Gasteiger partial charge in [-0.2, -0.15) is 0 Å². The molecule has 3 fully saturated rings. The van der Waals surface area contributed by atoms with Gasteiger partial charge in [0.25, 0.3) is 0 Å². The highest BCUT2D eigenvalue weighted by molar-refractivity contribution is 5.94. The van der Waals surface area contributed by atoms with Crippen molar-refractivity contribution in [3.8, 4) is 0 Å². The van der Waals surface area contributed by atoms with Gasteiger partial charge in [0.1, 0.15) is 11.7 Å². The van der Waals surface area contributed by atoms with E-state index in [9.17, 15) is 4.79 Å². The lowest BCUT2D eigenvalue weighted by molar-refractivity contribution is -0.125. The Bertz CT molecular complexity index is 733. The normalized spacial score (nSPS) is 30.5. The fourth-order valence-corrected chi connectivity index (χ4v) is 5.96. The Balaban J connectivity index is 1.51. The van der Waals surface area contributed by atoms with Crippen LogP contribution in [0.3, 0.4) is 0 Å². The van der Waals surface area contributed by atoms with Gasteiger partial charge in [0.15, 0.2) is 0 Å². The topological polar surface area (TPSA) is 61.6 Å². The molecule has 1 amide bonds. The number of hydrogen-bond donors (Lipinski definition) is 2. The van der Waals surface area contributed by atoms with Crippen LogP contribution in [0.15, 0.2) is 43.0 Å². The van der Waals surface area contributed by atoms with Gasteiger partial charge in [0, 0.05) is 24.8 Å². The van der Waals surface area contributed by atoms with Gasteiger partial charge in [-0.3, -0.25) is 4.79 Å². The molecule has 1 aromatic rings. The first-order valence-electron chi connectivity index (χ1n) is 11.7. The predicted molar refractivity (Wildman–Crippen MR) is 123 cm³/mol. The molecule has 2 saturated heterocycles. The van der Waals surface area contributed by atoms with Crippen molar-refractivity contribution in [3.05, 3.63) is 43.0 Å². The Kier molecular flexibility index (Phi) is 6.21. The highest BCUT2D eigenvalue weighted by Crippen LogP contribution is 2.41. The number of piperidine rings is 1. The van der Waals surface area contributed by atoms with Gasteiger partial charge in [-0.25, -0.2) is 0 Å². The monoisotopic (exact) mass is 410 g/mol. The van der Waals surface area contributed by atoms with Crippen molar-refractivity contribution in [2.24, 2.45) is 17.6 Å². The van der Waals surface area contributed by atoms with Crippen molar-refractivity contribution in [2.75, 3.05) is 18.0 Å². The number of carbonyl (C=O) groups is 1. The number of likely N-dealkylation sites (tertiary alicyclic amines) is 1. The summed E-state index contributed by atoms with van der Waals surface area (Å²) in [5, 5.41) is 3.20. The second kappa shape index (κ2) is 8.72. The van der Waals surface area contributed by atoms with Crippen LogP contribution < -0.4 is 16.0 Å². The van der Waals surface area contributed by atoms with Crippen LogP contribution in [-0.4, -0.2) is 47.7 Å². The average Bonchev–Trinajstić information content (AvgIpc) is 3.06. The third-order valence-corrected chi connectivity index (χ3v) is 7.94. The van der Waals surface area contributed by atoms with E-state index in [1.165, 1.54) is 25.7 Å². The van der Waals surface area contributed by atoms with Crippen LogP contribution in [0.5, 0.6) is 0 Å². The number of nitrogens with one attached hydrogen (secondary N) is 1. The Hall–Kier alpha value is -1.85. The summed E-state index contributed by atoms with van der Waals surface area (Å²) in [6, 6.07) is 10.6. The first-order chi connectivity index (χ1) is 14.5. The maximum atomic E-state index is 13.3. The Morgan fingerprint density at radius 3 is 2.33 bits per heavy atom. The summed E-state index contributed by atoms with van der Waals surface area (Å²) in [7, 11) is 0. The second-order valence-corrected chi connectivity index (χ2v) is 9.82. The molecule has 5 nitrogen and oxygen atoms in total. The van der Waals surface area contributed by atoms with E-state index in [1.807, 2.05) is 18.2 Å². The Morgan fingerprint density at radius 1 is 1.13 bits per heavy atom. The van der Waals surface area contributed by atoms with Crippen LogP contribution in [0.1, 0.15) is 52.4 Å². The summed E-state index contributed by atoms with van der Waals surface area (Å²) in [4.78, 5) is 18.2. The molecule has 0 bridgehead atoms. The molecule has 5 heteroatoms. The third kappa shape index (κ3) is 3.78. The highest BCUT2D eigenvalue weighted by atomic mass is 16.2. The number of amides is 1. The Labute approximate surface area is 181 Å². The van der Waals surface area contributed by atoms with E-state index in [4.69, 9.17) is 5.73 Å². The minimum absolute atomic E-state index is 0.122. The van der Waals surface area contributed by atoms with E-state index in [0.29, 0.717) is 6.04 Å². The van der Waals surface area contributed by atoms with Gasteiger partial charge in [0.05, 0.1) is 6.04 Å². The van der Waals surface area contributed by atoms with E-state index in [1.54, 1.807) is 6.08 Å². The molecule has 164 valence electrons. The average molecular weight is 411 g/mol. The Morgan fingerprint density at radius 2 is 1.77 bits per heavy atom. The number of para-hydroxylation sites is 1. The fraction of sp³-hybridized carbons (Fsp3) is 0.640. The molecule has 1 aromatic carbocycles. The number of hydrogen-bond acceptors (Lipinski definition) is 4. The number of nitrogens with zero attached hydrogens (tertiary/aromatic N) is 2. The van der Waals surface area contributed by atoms with Crippen LogP contribution in [0, 0.1) is 11.8 Å². The molecular formula is C25H38N4O. The summed E-state index contributed by atoms with van der Waals surface area (Å²) >= 11 is 0. The molecule has 1 spiro atoms. The molecule has 1 aliphatic carbocycles. The zero-order valence-electron chi connectivity index (χ0n) is 18.6. The molecule has 3 N–H and O–H groups in total. The number of anilines is 1. The summed E-state index contributed by atoms with van der Waals surface area (Å²) in [6.45, 7) is 10.5. The van der Waals surface area contributed by atoms with Crippen molar-refractivity contribution >= 4 is 11.6 Å². The van der Waals surface area contributed by atoms with Crippen molar-refractivity contribution < 1.29 is 4.79 Å². The van der Waals surface area contributed by atoms with Crippen molar-refractivity contribution in [3.63, 3.8) is 0 Å². The molecule has 2 aliphatic heterocycles. The summed E-state index contributed by atoms with van der Waals surface area (Å²) in [6.07, 6.45) is 8.47. The number of nitrogens with two attached hydrogens (primary N) is 1. The maximum Gasteiger partial charge on any atom is 0.247 e. The minimum Gasteiger partial charge on any atom is -0.335 e. The quantitative estimate of drug-likeness (QED) is 0.729. The first-order valence-corrected chi connectivity index (χ1v) is 11.7. The van der Waals surface area contributed by atoms with Crippen molar-refractivity contribution in [1.82, 2.24) is 10.2 Å². The van der Waals surface area contributed by atoms with Crippen LogP contribution >= 0.6 is 0 Å². The SMILES string of the molecule is C=CC(N)C1NC(=O)C2(CCN(C3CCC(C(C)C)CC3)CC2)N1c1ccccc1. The molecule has 2 atom stereocenters. The van der Waals surface area contributed by atoms with Crippen molar-refractivity contribution in [2.45, 2.75) is 76.2 Å². The zero-order valence-corrected chi connectivity index (χ0v) is 18.6. The molecule has 2 unspecified atom stereocenters. The number of rotatable bonds is 5. The van der Waals surface area contributed by atoms with Gasteiger partial charge >= 0.3 is 0 Å². The van der Waals surface area contributed by atoms with Gasteiger partial charge in [0.2, 0.25) is 5.91 Å². The van der Waals surface area contributed by atoms with Crippen LogP contribution in [0.25, 0.3) is 0 Å². The van der Waals surface area contributed by atoms with Gasteiger partial charge in [-0.15, -0.1) is 6.58 Å². The summed E-state index contributed by atoms with van der Waals surface area (Å²) in [5.74, 6) is 1.80. The third-order valence-electron chi connectivity index (χ3n) is 7.94. The molecule has 0 aromatic heterocycles. The molecule has 2 heterocycles. The molecule has 3 aliphatic rings. The number of carbonyl (C=O) groups excluding carboxylic acids is 1. The summed E-state index contributed by atoms with van der Waals surface area (Å²) in [5.41, 5.74) is 6.90. The molecule has 0 radical (unpaired) electrons. The smallest absolute Gasteiger partial charge is 0.247 e. The van der Waals surface area contributed by atoms with Gasteiger partial charge < -0.3 is 20.9 Å². The molecular weight excluding hydrogens is 372 g/mol. The second-order valence-electron chi connectivity index (χ2n) is 9.82. The highest BCUT2D eigenvalue weighted by Gasteiger charge is 2.55. The lowest BCUT2D eigenvalue weighted by atomic mass is 9.78. The largest absolute Gasteiger partial charge is 0.335 e. The van der Waals surface area contributed by atoms with E-state index in [-0.39, 0.29) is 18.1 Å². The molecule has 30 heavy (non-hydrogen) atoms. The van der Waals surface area contributed by atoms with E-state index < -0.39 is 5.54 Å². The minimum atomic E-state index is -0.516. The lowest BCUT2D eigenvalue weighted by Gasteiger charge is -2.48. The van der Waals surface area contributed by atoms with Crippen molar-refractivity contribution in [1.29, 1.82) is 0 Å². The molecule has 4 rings (SSSR count). The van der Waals surface area contributed by atoms with Gasteiger partial charge in [-0.05, 0) is 62.5 Å². The van der Waals surface area contributed by atoms with E-state index >= 15 is 0 Å². The standard InChI is InChI=1S/C25H38N4O/c1-4-22(26)23-27-24(30)25(29(23)21-8-6-5-7-9-21)14-16-28(17-15-25)20-12-10-19(11-13-20)18(2)3/h4-9,18-20,22-23H,1,10-17,26H2,2-3H3,(H,27,30). The van der Waals surface area contributed by atoms with Gasteiger partial charge in [-0.1, -0.05) is 38.1 Å². The predicted octanol–water partition coefficient (Wildman–Crippen LogP) is 3.51. The maximum absolute atomic E-state index is 13.3. The van der Waals surface area contributed by atoms with E-state index in [0.717, 1.165) is 43.5 Å². The van der Waals surface area contributed by atoms with E-state index in [2.05, 4.69) is 47.7 Å². The zero-order chi connectivity index (χ0) is 21.3. The number of benzene rings is 1. The summed E-state index contributed by atoms with van der Waals surface area (Å²) < 4.78 is 0. The molecule has 1 saturated carbocycles. The van der Waals surface area contributed by atoms with Crippen LogP contribution in [-0.2, 0) is 4.79 Å². The lowest BCUT2D eigenvalue weighted by Crippen LogP contribution is -2.60. The van der Waals surface area contributed by atoms with Crippen LogP contribution in [0.4, 0.5) is 5.69 Å². The fourth-order valence-electron chi connectivity index (χ4n) is 5.96. The van der Waals surface area contributed by atoms with Crippen LogP contribution in [0.2, 0.25) is 0 Å². The first kappa shape index (κ1) is 21.4.